The summed E-state index contributed by atoms with van der Waals surface area (Å²) in [7, 11) is 2.83. The number of nitrogens with one attached hydrogen (secondary N) is 2. The maximum absolute atomic E-state index is 13.0. The van der Waals surface area contributed by atoms with E-state index in [2.05, 4.69) is 68.5 Å². The highest BCUT2D eigenvalue weighted by atomic mass is 35.5. The van der Waals surface area contributed by atoms with E-state index in [4.69, 9.17) is 53.9 Å². The van der Waals surface area contributed by atoms with E-state index in [0.29, 0.717) is 49.9 Å². The minimum Gasteiger partial charge on any atom is -0.508 e. The second-order valence-corrected chi connectivity index (χ2v) is 26.5. The molecule has 2 aliphatic heterocycles. The minimum absolute atomic E-state index is 0.0403. The normalized spacial score (nSPS) is 13.9. The summed E-state index contributed by atoms with van der Waals surface area (Å²) in [5.74, 6) is 4.15. The number of amides is 1. The molecule has 1 amide bonds. The number of phenolic OH excluding ortho intramolecular Hbond substituents is 1. The molecule has 0 radical (unpaired) electrons. The first-order valence-corrected chi connectivity index (χ1v) is 32.1. The third-order valence-electron chi connectivity index (χ3n) is 15.2. The minimum atomic E-state index is -0.569. The Bertz CT molecular complexity index is 4550. The van der Waals surface area contributed by atoms with Crippen LogP contribution < -0.4 is 20.3 Å². The summed E-state index contributed by atoms with van der Waals surface area (Å²) < 4.78 is 26.3. The number of anilines is 1. The summed E-state index contributed by atoms with van der Waals surface area (Å²) >= 11 is 15.6. The molecular weight excluding hydrogens is 1260 g/mol. The van der Waals surface area contributed by atoms with Crippen molar-refractivity contribution in [2.45, 2.75) is 114 Å². The zero-order chi connectivity index (χ0) is 68.0. The van der Waals surface area contributed by atoms with Crippen molar-refractivity contribution in [3.8, 4) is 38.6 Å². The largest absolute Gasteiger partial charge is 0.508 e. The molecule has 0 unspecified atom stereocenters. The Balaban J connectivity index is 0.000000164. The number of thiophene rings is 2. The summed E-state index contributed by atoms with van der Waals surface area (Å²) in [5.41, 5.74) is 11.8. The van der Waals surface area contributed by atoms with Crippen molar-refractivity contribution in [3.63, 3.8) is 0 Å². The molecule has 0 spiro atoms. The van der Waals surface area contributed by atoms with Crippen LogP contribution in [-0.4, -0.2) is 113 Å². The number of phenols is 1. The molecule has 0 bridgehead atoms. The topological polar surface area (TPSA) is 266 Å². The molecule has 5 aromatic carbocycles. The van der Waals surface area contributed by atoms with Gasteiger partial charge in [-0.05, 0) is 184 Å². The Morgan fingerprint density at radius 3 is 1.68 bits per heavy atom. The summed E-state index contributed by atoms with van der Waals surface area (Å²) in [4.78, 5) is 58.4. The fourth-order valence-corrected chi connectivity index (χ4v) is 13.5. The number of methoxy groups -OCH3 is 1. The molecule has 93 heavy (non-hydrogen) atoms. The molecule has 10 aromatic rings. The first-order chi connectivity index (χ1) is 44.7. The van der Waals surface area contributed by atoms with Crippen LogP contribution in [0.5, 0.6) is 17.2 Å². The third kappa shape index (κ3) is 15.1. The van der Waals surface area contributed by atoms with Crippen LogP contribution in [0.25, 0.3) is 32.3 Å². The smallest absolute Gasteiger partial charge is 0.308 e. The van der Waals surface area contributed by atoms with Crippen molar-refractivity contribution in [2.75, 3.05) is 32.8 Å². The number of nitrogens with zero attached hydrogens (tertiary/aromatic N) is 9. The van der Waals surface area contributed by atoms with Gasteiger partial charge in [-0.1, -0.05) is 47.5 Å². The lowest BCUT2D eigenvalue weighted by Gasteiger charge is -2.21. The van der Waals surface area contributed by atoms with Crippen molar-refractivity contribution < 1.29 is 39.1 Å². The molecule has 484 valence electrons. The lowest BCUT2D eigenvalue weighted by Crippen LogP contribution is -2.25. The van der Waals surface area contributed by atoms with Gasteiger partial charge in [-0.2, -0.15) is 0 Å². The zero-order valence-electron chi connectivity index (χ0n) is 55.1. The number of rotatable bonds is 12. The molecule has 7 heterocycles. The summed E-state index contributed by atoms with van der Waals surface area (Å²) in [6, 6.07) is 28.0. The molecule has 2 atom stereocenters. The number of aliphatic imine (C=N–C) groups is 2. The number of aliphatic hydroxyl groups is 2. The Labute approximate surface area is 558 Å². The SMILES string of the molecule is COc1cc(C)cc2nc(-c3cc(C)c(OCCO)c(C)c3)[nH]c(=O)c12.Cc1sc2c(c1C)C(c1ccc(Cl)cc1)=N[C@@H](CC(=O)Nc1ccc(O)cc1)c1nnc(C)n1-2.Cc1sc2c(c1C)C(c1ccc(Cl)cc1)=N[C@@H](CC(=O)OC(C)(C)C)c1nnc(C)n1-2.[3H]OC. The molecule has 12 rings (SSSR count). The Hall–Kier alpha value is -8.90. The van der Waals surface area contributed by atoms with Crippen LogP contribution in [0, 0.1) is 62.3 Å². The Morgan fingerprint density at radius 1 is 0.710 bits per heavy atom. The van der Waals surface area contributed by atoms with Crippen LogP contribution >= 0.6 is 45.9 Å². The predicted octanol–water partition coefficient (Wildman–Crippen LogP) is 13.6. The van der Waals surface area contributed by atoms with Gasteiger partial charge in [-0.15, -0.1) is 43.1 Å². The average Bonchev–Trinajstić information content (AvgIpc) is 1.58. The highest BCUT2D eigenvalue weighted by Crippen LogP contribution is 2.42. The third-order valence-corrected chi connectivity index (χ3v) is 18.1. The van der Waals surface area contributed by atoms with Crippen LogP contribution in [0.2, 0.25) is 10.0 Å². The quantitative estimate of drug-likeness (QED) is 0.0563. The van der Waals surface area contributed by atoms with Crippen LogP contribution in [0.3, 0.4) is 0 Å². The molecule has 0 fully saturated rings. The first kappa shape index (κ1) is 67.0. The van der Waals surface area contributed by atoms with E-state index >= 15 is 0 Å². The fraction of sp³-hybridized carbons (Fsp3) is 0.304. The van der Waals surface area contributed by atoms with Crippen molar-refractivity contribution in [1.82, 2.24) is 39.5 Å². The number of hydrogen-bond acceptors (Lipinski definition) is 18. The highest BCUT2D eigenvalue weighted by molar-refractivity contribution is 7.15. The number of halogens is 2. The summed E-state index contributed by atoms with van der Waals surface area (Å²) in [6.45, 7) is 23.8. The zero-order valence-corrected chi connectivity index (χ0v) is 57.2. The fourth-order valence-electron chi connectivity index (χ4n) is 10.9. The van der Waals surface area contributed by atoms with Gasteiger partial charge >= 0.3 is 5.97 Å². The number of ether oxygens (including phenoxy) is 3. The molecular formula is C69H73Cl2N11O9S2. The number of esters is 1. The van der Waals surface area contributed by atoms with Gasteiger partial charge in [0.1, 0.15) is 74.4 Å². The molecule has 0 aliphatic carbocycles. The van der Waals surface area contributed by atoms with E-state index in [0.717, 1.165) is 94.5 Å². The van der Waals surface area contributed by atoms with E-state index in [1.807, 2.05) is 137 Å². The number of fused-ring (bicyclic) bond motifs is 7. The van der Waals surface area contributed by atoms with Gasteiger partial charge in [0.05, 0.1) is 43.5 Å². The van der Waals surface area contributed by atoms with Crippen molar-refractivity contribution in [2.24, 2.45) is 9.98 Å². The van der Waals surface area contributed by atoms with Crippen LogP contribution in [0.15, 0.2) is 112 Å². The first-order valence-electron chi connectivity index (χ1n) is 30.1. The van der Waals surface area contributed by atoms with E-state index < -0.39 is 17.7 Å². The van der Waals surface area contributed by atoms with Crippen molar-refractivity contribution in [3.05, 3.63) is 201 Å². The second kappa shape index (κ2) is 28.9. The molecule has 20 nitrogen and oxygen atoms in total. The molecule has 5 aromatic heterocycles. The van der Waals surface area contributed by atoms with E-state index in [1.165, 1.54) is 29.0 Å². The molecule has 24 heteroatoms. The van der Waals surface area contributed by atoms with Gasteiger partial charge in [-0.3, -0.25) is 33.5 Å². The standard InChI is InChI=1S/C25H22ClN5O2S.C23H25ClN4O2S.C20H22N2O4.CH4O/c1-13-14(2)34-25-22(13)23(16-4-6-17(26)7-5-16)28-20(24-30-29-15(3)31(24)25)12-21(33)27-18-8-10-19(32)11-9-18;1-12-13(2)31-22-19(12)20(15-7-9-16(24)10-8-15)25-17(11-18(29)30-23(4,5)6)21-27-26-14(3)28(21)22;1-11-7-15-17(16(8-11)25-4)20(24)22-19(21-15)14-9-12(2)18(13(3)10-14)26-6-5-23;1-2/h4-11,20,32H,12H2,1-3H3,(H,27,33);7-10,17H,11H2,1-6H3;7-10,23H,5-6H2,1-4H3,(H,21,22,24);2H,1H3/t20-;17-;;/m00../s1/i;;;2T. The van der Waals surface area contributed by atoms with Crippen LogP contribution in [-0.2, 0) is 14.3 Å². The number of carbonyl (C=O) groups excluding carboxylic acids is 2. The average molecular weight is 1340 g/mol. The number of aliphatic hydroxyl groups excluding tert-OH is 2. The maximum atomic E-state index is 13.0. The summed E-state index contributed by atoms with van der Waals surface area (Å²) in [5, 5.41) is 46.1. The molecule has 2 aliphatic rings. The van der Waals surface area contributed by atoms with Crippen LogP contribution in [0.1, 0.15) is 129 Å². The number of aromatic nitrogens is 8. The Kier molecular flexibility index (Phi) is 20.9. The summed E-state index contributed by atoms with van der Waals surface area (Å²) in [6.07, 6.45) is 0.169. The lowest BCUT2D eigenvalue weighted by atomic mass is 9.99. The molecule has 5 N–H and O–H groups in total. The van der Waals surface area contributed by atoms with Gasteiger partial charge in [0.25, 0.3) is 5.56 Å². The molecule has 0 saturated carbocycles. The highest BCUT2D eigenvalue weighted by Gasteiger charge is 2.35. The number of H-pyrrole nitrogens is 1. The van der Waals surface area contributed by atoms with Crippen LogP contribution in [0.4, 0.5) is 5.69 Å². The maximum Gasteiger partial charge on any atom is 0.308 e. The number of aromatic amines is 1. The van der Waals surface area contributed by atoms with Gasteiger partial charge in [-0.25, -0.2) is 4.98 Å². The number of carbonyl (C=O) groups is 2. The predicted molar refractivity (Wildman–Crippen MR) is 368 cm³/mol. The number of aryl methyl sites for hydroxylation is 7. The van der Waals surface area contributed by atoms with Gasteiger partial charge < -0.3 is 39.8 Å². The van der Waals surface area contributed by atoms with E-state index in [9.17, 15) is 19.5 Å². The van der Waals surface area contributed by atoms with Gasteiger partial charge in [0.15, 0.2) is 11.6 Å². The number of hydrogen-bond donors (Lipinski definition) is 5. The number of aromatic hydroxyl groups is 1. The lowest BCUT2D eigenvalue weighted by molar-refractivity contribution is -0.155. The number of benzene rings is 5. The van der Waals surface area contributed by atoms with Crippen molar-refractivity contribution in [1.29, 1.82) is 1.43 Å². The van der Waals surface area contributed by atoms with Gasteiger partial charge in [0.2, 0.25) is 7.34 Å². The van der Waals surface area contributed by atoms with Gasteiger partial charge in [0, 0.05) is 60.4 Å². The van der Waals surface area contributed by atoms with E-state index in [1.54, 1.807) is 41.9 Å². The Morgan fingerprint density at radius 2 is 1.20 bits per heavy atom. The van der Waals surface area contributed by atoms with Crippen molar-refractivity contribution >= 4 is 85.8 Å². The monoisotopic (exact) mass is 1340 g/mol. The second-order valence-electron chi connectivity index (χ2n) is 23.2. The van der Waals surface area contributed by atoms with E-state index in [-0.39, 0.29) is 49.2 Å². The molecule has 0 saturated heterocycles.